The number of carbonyl (C=O) groups excluding carboxylic acids is 1. The molecule has 1 amide bonds. The average molecular weight is 386 g/mol. The highest BCUT2D eigenvalue weighted by Gasteiger charge is 2.38. The van der Waals surface area contributed by atoms with E-state index in [1.54, 1.807) is 4.90 Å². The summed E-state index contributed by atoms with van der Waals surface area (Å²) in [6, 6.07) is 1.87. The molecule has 6 nitrogen and oxygen atoms in total. The van der Waals surface area contributed by atoms with E-state index in [1.165, 1.54) is 0 Å². The van der Waals surface area contributed by atoms with E-state index in [1.807, 2.05) is 0 Å². The van der Waals surface area contributed by atoms with Gasteiger partial charge in [0.05, 0.1) is 16.6 Å². The Hall–Kier alpha value is -1.54. The van der Waals surface area contributed by atoms with Crippen molar-refractivity contribution in [2.24, 2.45) is 5.41 Å². The highest BCUT2D eigenvalue weighted by molar-refractivity contribution is 9.10. The Morgan fingerprint density at radius 3 is 2.61 bits per heavy atom. The van der Waals surface area contributed by atoms with Crippen molar-refractivity contribution < 1.29 is 14.1 Å². The Bertz CT molecular complexity index is 652. The maximum absolute atomic E-state index is 13.6. The lowest BCUT2D eigenvalue weighted by Gasteiger charge is -2.39. The predicted molar refractivity (Wildman–Crippen MR) is 85.8 cm³/mol. The van der Waals surface area contributed by atoms with E-state index >= 15 is 0 Å². The second-order valence-corrected chi connectivity index (χ2v) is 7.06. The van der Waals surface area contributed by atoms with Crippen molar-refractivity contribution in [2.75, 3.05) is 26.2 Å². The molecule has 23 heavy (non-hydrogen) atoms. The highest BCUT2D eigenvalue weighted by atomic mass is 79.9. The minimum Gasteiger partial charge on any atom is -0.339 e. The van der Waals surface area contributed by atoms with E-state index in [-0.39, 0.29) is 21.4 Å². The third kappa shape index (κ3) is 3.10. The van der Waals surface area contributed by atoms with Crippen molar-refractivity contribution >= 4 is 27.5 Å². The highest BCUT2D eigenvalue weighted by Crippen LogP contribution is 2.38. The summed E-state index contributed by atoms with van der Waals surface area (Å²) >= 11 is 3.08. The van der Waals surface area contributed by atoms with Gasteiger partial charge in [0, 0.05) is 19.6 Å². The molecule has 0 atom stereocenters. The standard InChI is InChI=1S/C15H17BrFN3O3/c16-13-11(7-10(17)8-12(13)20(22)23)14(21)19-5-2-15(3-6-19)1-4-18-9-15/h7-8,18H,1-6,9H2. The number of likely N-dealkylation sites (tertiary alicyclic amines) is 1. The van der Waals surface area contributed by atoms with E-state index < -0.39 is 16.4 Å². The van der Waals surface area contributed by atoms with Crippen LogP contribution in [0.3, 0.4) is 0 Å². The summed E-state index contributed by atoms with van der Waals surface area (Å²) < 4.78 is 13.7. The van der Waals surface area contributed by atoms with Crippen LogP contribution in [-0.4, -0.2) is 41.9 Å². The van der Waals surface area contributed by atoms with Crippen molar-refractivity contribution in [3.05, 3.63) is 38.1 Å². The van der Waals surface area contributed by atoms with Crippen LogP contribution in [0.15, 0.2) is 16.6 Å². The number of benzene rings is 1. The van der Waals surface area contributed by atoms with Gasteiger partial charge >= 0.3 is 0 Å². The van der Waals surface area contributed by atoms with Gasteiger partial charge in [-0.2, -0.15) is 0 Å². The molecule has 0 aliphatic carbocycles. The van der Waals surface area contributed by atoms with Crippen LogP contribution in [0.4, 0.5) is 10.1 Å². The number of piperidine rings is 1. The Morgan fingerprint density at radius 2 is 2.04 bits per heavy atom. The third-order valence-electron chi connectivity index (χ3n) is 4.89. The number of rotatable bonds is 2. The van der Waals surface area contributed by atoms with Crippen LogP contribution in [0.2, 0.25) is 0 Å². The molecule has 0 radical (unpaired) electrons. The number of carbonyl (C=O) groups is 1. The lowest BCUT2D eigenvalue weighted by molar-refractivity contribution is -0.385. The average Bonchev–Trinajstić information content (AvgIpc) is 2.97. The molecular weight excluding hydrogens is 369 g/mol. The molecule has 1 aromatic rings. The van der Waals surface area contributed by atoms with E-state index in [4.69, 9.17) is 0 Å². The molecule has 2 aliphatic heterocycles. The first kappa shape index (κ1) is 16.3. The van der Waals surface area contributed by atoms with Gasteiger partial charge in [0.25, 0.3) is 11.6 Å². The fourth-order valence-electron chi connectivity index (χ4n) is 3.44. The van der Waals surface area contributed by atoms with Crippen LogP contribution in [0.1, 0.15) is 29.6 Å². The predicted octanol–water partition coefficient (Wildman–Crippen LogP) is 2.71. The van der Waals surface area contributed by atoms with Gasteiger partial charge in [-0.3, -0.25) is 14.9 Å². The van der Waals surface area contributed by atoms with Crippen molar-refractivity contribution in [3.63, 3.8) is 0 Å². The van der Waals surface area contributed by atoms with Gasteiger partial charge in [0.1, 0.15) is 10.3 Å². The zero-order valence-electron chi connectivity index (χ0n) is 12.5. The van der Waals surface area contributed by atoms with Gasteiger partial charge in [-0.25, -0.2) is 4.39 Å². The molecule has 2 fully saturated rings. The lowest BCUT2D eigenvalue weighted by atomic mass is 9.78. The number of halogens is 2. The number of nitrogens with one attached hydrogen (secondary N) is 1. The summed E-state index contributed by atoms with van der Waals surface area (Å²) in [5.74, 6) is -1.14. The zero-order chi connectivity index (χ0) is 16.6. The molecule has 2 aliphatic rings. The van der Waals surface area contributed by atoms with Gasteiger partial charge in [-0.05, 0) is 53.2 Å². The van der Waals surface area contributed by atoms with Gasteiger partial charge in [0.2, 0.25) is 0 Å². The molecular formula is C15H17BrFN3O3. The molecule has 0 unspecified atom stereocenters. The number of amides is 1. The van der Waals surface area contributed by atoms with Crippen LogP contribution in [-0.2, 0) is 0 Å². The molecule has 0 saturated carbocycles. The van der Waals surface area contributed by atoms with E-state index in [0.717, 1.165) is 44.5 Å². The molecule has 2 saturated heterocycles. The van der Waals surface area contributed by atoms with Crippen LogP contribution in [0.5, 0.6) is 0 Å². The molecule has 124 valence electrons. The Labute approximate surface area is 141 Å². The normalized spacial score (nSPS) is 20.0. The number of hydrogen-bond donors (Lipinski definition) is 1. The second-order valence-electron chi connectivity index (χ2n) is 6.26. The minimum absolute atomic E-state index is 0.0113. The summed E-state index contributed by atoms with van der Waals surface area (Å²) in [6.45, 7) is 3.17. The molecule has 0 bridgehead atoms. The van der Waals surface area contributed by atoms with E-state index in [9.17, 15) is 19.3 Å². The Balaban J connectivity index is 1.80. The summed E-state index contributed by atoms with van der Waals surface area (Å²) in [7, 11) is 0. The molecule has 1 N–H and O–H groups in total. The smallest absolute Gasteiger partial charge is 0.287 e. The quantitative estimate of drug-likeness (QED) is 0.627. The van der Waals surface area contributed by atoms with Crippen molar-refractivity contribution in [1.29, 1.82) is 0 Å². The largest absolute Gasteiger partial charge is 0.339 e. The SMILES string of the molecule is O=C(c1cc(F)cc([N+](=O)[O-])c1Br)N1CCC2(CCNC2)CC1. The lowest BCUT2D eigenvalue weighted by Crippen LogP contribution is -2.44. The first-order valence-corrected chi connectivity index (χ1v) is 8.35. The minimum atomic E-state index is -0.781. The first-order chi connectivity index (χ1) is 10.9. The molecule has 3 rings (SSSR count). The van der Waals surface area contributed by atoms with Gasteiger partial charge in [0.15, 0.2) is 0 Å². The van der Waals surface area contributed by atoms with Crippen molar-refractivity contribution in [1.82, 2.24) is 10.2 Å². The third-order valence-corrected chi connectivity index (χ3v) is 5.72. The van der Waals surface area contributed by atoms with Crippen LogP contribution in [0.25, 0.3) is 0 Å². The first-order valence-electron chi connectivity index (χ1n) is 7.55. The molecule has 1 spiro atoms. The zero-order valence-corrected chi connectivity index (χ0v) is 14.1. The molecule has 8 heteroatoms. The summed E-state index contributed by atoms with van der Waals surface area (Å²) in [4.78, 5) is 24.6. The molecule has 1 aromatic carbocycles. The van der Waals surface area contributed by atoms with Crippen LogP contribution < -0.4 is 5.32 Å². The molecule has 2 heterocycles. The van der Waals surface area contributed by atoms with Crippen molar-refractivity contribution in [2.45, 2.75) is 19.3 Å². The van der Waals surface area contributed by atoms with Gasteiger partial charge in [-0.1, -0.05) is 0 Å². The van der Waals surface area contributed by atoms with Crippen LogP contribution >= 0.6 is 15.9 Å². The number of nitro benzene ring substituents is 1. The fraction of sp³-hybridized carbons (Fsp3) is 0.533. The summed E-state index contributed by atoms with van der Waals surface area (Å²) in [5, 5.41) is 14.3. The molecule has 0 aromatic heterocycles. The van der Waals surface area contributed by atoms with Gasteiger partial charge in [-0.15, -0.1) is 0 Å². The maximum atomic E-state index is 13.6. The summed E-state index contributed by atoms with van der Waals surface area (Å²) in [5.41, 5.74) is -0.152. The number of hydrogen-bond acceptors (Lipinski definition) is 4. The number of nitro groups is 1. The van der Waals surface area contributed by atoms with E-state index in [0.29, 0.717) is 13.1 Å². The van der Waals surface area contributed by atoms with E-state index in [2.05, 4.69) is 21.2 Å². The monoisotopic (exact) mass is 385 g/mol. The fourth-order valence-corrected chi connectivity index (χ4v) is 3.98. The van der Waals surface area contributed by atoms with Crippen molar-refractivity contribution in [3.8, 4) is 0 Å². The van der Waals surface area contributed by atoms with Crippen LogP contribution in [0, 0.1) is 21.3 Å². The number of nitrogens with zero attached hydrogens (tertiary/aromatic N) is 2. The Kier molecular flexibility index (Phi) is 4.37. The maximum Gasteiger partial charge on any atom is 0.287 e. The second kappa shape index (κ2) is 6.16. The topological polar surface area (TPSA) is 75.5 Å². The summed E-state index contributed by atoms with van der Waals surface area (Å²) in [6.07, 6.45) is 2.92. The Morgan fingerprint density at radius 1 is 1.35 bits per heavy atom. The van der Waals surface area contributed by atoms with Gasteiger partial charge < -0.3 is 10.2 Å².